The van der Waals surface area contributed by atoms with Gasteiger partial charge in [0, 0.05) is 17.3 Å². The molecule has 0 amide bonds. The number of hydrogen-bond acceptors (Lipinski definition) is 2. The van der Waals surface area contributed by atoms with Crippen LogP contribution in [0.3, 0.4) is 0 Å². The van der Waals surface area contributed by atoms with Crippen molar-refractivity contribution in [3.05, 3.63) is 52.0 Å². The summed E-state index contributed by atoms with van der Waals surface area (Å²) < 4.78 is 0. The average Bonchev–Trinajstić information content (AvgIpc) is 2.66. The molecule has 0 aliphatic rings. The highest BCUT2D eigenvalue weighted by atomic mass is 35.5. The van der Waals surface area contributed by atoms with Gasteiger partial charge in [-0.2, -0.15) is 0 Å². The Hall–Kier alpha value is -0.860. The van der Waals surface area contributed by atoms with Crippen molar-refractivity contribution in [2.75, 3.05) is 0 Å². The lowest BCUT2D eigenvalue weighted by atomic mass is 10.1. The van der Waals surface area contributed by atoms with Gasteiger partial charge in [0.1, 0.15) is 0 Å². The quantitative estimate of drug-likeness (QED) is 0.736. The fraction of sp³-hybridized carbons (Fsp3) is 0.250. The van der Waals surface area contributed by atoms with Gasteiger partial charge in [-0.15, -0.1) is 22.9 Å². The zero-order valence-electron chi connectivity index (χ0n) is 8.48. The SMILES string of the molecule is Cc1csc(C(Cl)Cc2ccncc2)c1. The van der Waals surface area contributed by atoms with Crippen molar-refractivity contribution in [1.29, 1.82) is 0 Å². The van der Waals surface area contributed by atoms with Crippen molar-refractivity contribution in [2.24, 2.45) is 0 Å². The Morgan fingerprint density at radius 2 is 2.13 bits per heavy atom. The summed E-state index contributed by atoms with van der Waals surface area (Å²) in [7, 11) is 0. The first-order valence-electron chi connectivity index (χ1n) is 4.83. The number of nitrogens with zero attached hydrogens (tertiary/aromatic N) is 1. The number of halogens is 1. The number of hydrogen-bond donors (Lipinski definition) is 0. The normalized spacial score (nSPS) is 12.7. The van der Waals surface area contributed by atoms with Crippen LogP contribution >= 0.6 is 22.9 Å². The molecule has 0 N–H and O–H groups in total. The first kappa shape index (κ1) is 10.7. The van der Waals surface area contributed by atoms with E-state index in [1.54, 1.807) is 23.7 Å². The molecule has 0 aromatic carbocycles. The molecule has 0 saturated carbocycles. The van der Waals surface area contributed by atoms with Gasteiger partial charge in [0.05, 0.1) is 5.38 Å². The lowest BCUT2D eigenvalue weighted by Crippen LogP contribution is -1.93. The fourth-order valence-electron chi connectivity index (χ4n) is 1.44. The maximum Gasteiger partial charge on any atom is 0.0718 e. The Morgan fingerprint density at radius 1 is 1.40 bits per heavy atom. The zero-order chi connectivity index (χ0) is 10.7. The molecule has 1 atom stereocenters. The lowest BCUT2D eigenvalue weighted by Gasteiger charge is -2.06. The van der Waals surface area contributed by atoms with Gasteiger partial charge >= 0.3 is 0 Å². The highest BCUT2D eigenvalue weighted by Gasteiger charge is 2.10. The number of rotatable bonds is 3. The van der Waals surface area contributed by atoms with Gasteiger partial charge in [0.2, 0.25) is 0 Å². The second-order valence-corrected chi connectivity index (χ2v) is 5.02. The molecule has 0 aliphatic carbocycles. The summed E-state index contributed by atoms with van der Waals surface area (Å²) in [4.78, 5) is 5.23. The van der Waals surface area contributed by atoms with Crippen LogP contribution < -0.4 is 0 Å². The van der Waals surface area contributed by atoms with Crippen molar-refractivity contribution in [1.82, 2.24) is 4.98 Å². The second-order valence-electron chi connectivity index (χ2n) is 3.55. The molecule has 78 valence electrons. The molecule has 1 unspecified atom stereocenters. The van der Waals surface area contributed by atoms with Gasteiger partial charge in [-0.1, -0.05) is 0 Å². The first-order valence-corrected chi connectivity index (χ1v) is 6.15. The molecule has 2 rings (SSSR count). The molecular weight excluding hydrogens is 226 g/mol. The number of aromatic nitrogens is 1. The van der Waals surface area contributed by atoms with Crippen molar-refractivity contribution in [3.63, 3.8) is 0 Å². The van der Waals surface area contributed by atoms with Gasteiger partial charge in [0.15, 0.2) is 0 Å². The van der Waals surface area contributed by atoms with Crippen LogP contribution in [0.15, 0.2) is 36.0 Å². The summed E-state index contributed by atoms with van der Waals surface area (Å²) in [6, 6.07) is 6.18. The largest absolute Gasteiger partial charge is 0.265 e. The summed E-state index contributed by atoms with van der Waals surface area (Å²) in [5.74, 6) is 0. The highest BCUT2D eigenvalue weighted by Crippen LogP contribution is 2.29. The van der Waals surface area contributed by atoms with E-state index in [9.17, 15) is 0 Å². The van der Waals surface area contributed by atoms with Crippen molar-refractivity contribution in [2.45, 2.75) is 18.7 Å². The summed E-state index contributed by atoms with van der Waals surface area (Å²) in [6.07, 6.45) is 4.47. The number of pyridine rings is 1. The van der Waals surface area contributed by atoms with E-state index in [-0.39, 0.29) is 5.38 Å². The number of alkyl halides is 1. The molecule has 2 aromatic rings. The minimum atomic E-state index is 0.0751. The zero-order valence-corrected chi connectivity index (χ0v) is 10.1. The standard InChI is InChI=1S/C12H12ClNS/c1-9-6-12(15-8-9)11(13)7-10-2-4-14-5-3-10/h2-6,8,11H,7H2,1H3. The van der Waals surface area contributed by atoms with Gasteiger partial charge < -0.3 is 0 Å². The monoisotopic (exact) mass is 237 g/mol. The minimum absolute atomic E-state index is 0.0751. The van der Waals surface area contributed by atoms with E-state index in [0.29, 0.717) is 0 Å². The van der Waals surface area contributed by atoms with Crippen molar-refractivity contribution < 1.29 is 0 Å². The van der Waals surface area contributed by atoms with Crippen LogP contribution in [0.25, 0.3) is 0 Å². The molecule has 0 fully saturated rings. The molecule has 1 nitrogen and oxygen atoms in total. The van der Waals surface area contributed by atoms with Crippen LogP contribution in [0, 0.1) is 6.92 Å². The summed E-state index contributed by atoms with van der Waals surface area (Å²) in [5.41, 5.74) is 2.52. The molecule has 0 bridgehead atoms. The molecule has 2 heterocycles. The van der Waals surface area contributed by atoms with E-state index in [1.807, 2.05) is 12.1 Å². The van der Waals surface area contributed by atoms with Gasteiger partial charge in [-0.3, -0.25) is 4.98 Å². The summed E-state index contributed by atoms with van der Waals surface area (Å²) >= 11 is 8.07. The average molecular weight is 238 g/mol. The molecule has 0 spiro atoms. The molecular formula is C12H12ClNS. The first-order chi connectivity index (χ1) is 7.25. The fourth-order valence-corrected chi connectivity index (χ4v) is 2.71. The highest BCUT2D eigenvalue weighted by molar-refractivity contribution is 7.10. The number of thiophene rings is 1. The topological polar surface area (TPSA) is 12.9 Å². The Labute approximate surface area is 98.7 Å². The van der Waals surface area contributed by atoms with Crippen LogP contribution in [0.2, 0.25) is 0 Å². The second kappa shape index (κ2) is 4.77. The minimum Gasteiger partial charge on any atom is -0.265 e. The van der Waals surface area contributed by atoms with E-state index < -0.39 is 0 Å². The predicted molar refractivity (Wildman–Crippen MR) is 65.6 cm³/mol. The van der Waals surface area contributed by atoms with E-state index in [1.165, 1.54) is 16.0 Å². The summed E-state index contributed by atoms with van der Waals surface area (Å²) in [5, 5.41) is 2.21. The molecule has 0 aliphatic heterocycles. The van der Waals surface area contributed by atoms with E-state index in [2.05, 4.69) is 23.4 Å². The van der Waals surface area contributed by atoms with E-state index >= 15 is 0 Å². The molecule has 15 heavy (non-hydrogen) atoms. The summed E-state index contributed by atoms with van der Waals surface area (Å²) in [6.45, 7) is 2.09. The Morgan fingerprint density at radius 3 is 2.73 bits per heavy atom. The smallest absolute Gasteiger partial charge is 0.0718 e. The van der Waals surface area contributed by atoms with Crippen LogP contribution in [0.4, 0.5) is 0 Å². The van der Waals surface area contributed by atoms with Gasteiger partial charge in [-0.05, 0) is 48.1 Å². The Balaban J connectivity index is 2.07. The van der Waals surface area contributed by atoms with Gasteiger partial charge in [-0.25, -0.2) is 0 Å². The van der Waals surface area contributed by atoms with Crippen molar-refractivity contribution in [3.8, 4) is 0 Å². The molecule has 3 heteroatoms. The molecule has 0 saturated heterocycles. The van der Waals surface area contributed by atoms with Crippen LogP contribution in [-0.4, -0.2) is 4.98 Å². The molecule has 0 radical (unpaired) electrons. The van der Waals surface area contributed by atoms with E-state index in [4.69, 9.17) is 11.6 Å². The maximum absolute atomic E-state index is 6.34. The third-order valence-corrected chi connectivity index (χ3v) is 3.91. The third-order valence-electron chi connectivity index (χ3n) is 2.22. The Bertz CT molecular complexity index is 424. The van der Waals surface area contributed by atoms with Crippen LogP contribution in [0.5, 0.6) is 0 Å². The lowest BCUT2D eigenvalue weighted by molar-refractivity contribution is 0.935. The van der Waals surface area contributed by atoms with Crippen LogP contribution in [-0.2, 0) is 6.42 Å². The van der Waals surface area contributed by atoms with Gasteiger partial charge in [0.25, 0.3) is 0 Å². The maximum atomic E-state index is 6.34. The predicted octanol–water partition coefficient (Wildman–Crippen LogP) is 3.97. The van der Waals surface area contributed by atoms with E-state index in [0.717, 1.165) is 6.42 Å². The third kappa shape index (κ3) is 2.80. The Kier molecular flexibility index (Phi) is 3.39. The molecule has 2 aromatic heterocycles. The van der Waals surface area contributed by atoms with Crippen LogP contribution in [0.1, 0.15) is 21.4 Å². The number of aryl methyl sites for hydroxylation is 1. The van der Waals surface area contributed by atoms with Crippen molar-refractivity contribution >= 4 is 22.9 Å².